The highest BCUT2D eigenvalue weighted by Crippen LogP contribution is 2.30. The first-order chi connectivity index (χ1) is 9.28. The zero-order valence-corrected chi connectivity index (χ0v) is 13.1. The van der Waals surface area contributed by atoms with Crippen LogP contribution >= 0.6 is 11.6 Å². The van der Waals surface area contributed by atoms with Crippen LogP contribution in [0.5, 0.6) is 0 Å². The van der Waals surface area contributed by atoms with Crippen LogP contribution in [0.25, 0.3) is 16.5 Å². The maximum atomic E-state index is 6.11. The zero-order chi connectivity index (χ0) is 13.2. The molecule has 0 saturated heterocycles. The van der Waals surface area contributed by atoms with Crippen LogP contribution in [0, 0.1) is 0 Å². The van der Waals surface area contributed by atoms with Gasteiger partial charge in [0.15, 0.2) is 0 Å². The first-order valence-corrected chi connectivity index (χ1v) is 7.34. The fourth-order valence-electron chi connectivity index (χ4n) is 2.83. The van der Waals surface area contributed by atoms with E-state index in [4.69, 9.17) is 11.6 Å². The van der Waals surface area contributed by atoms with E-state index < -0.39 is 0 Å². The van der Waals surface area contributed by atoms with Gasteiger partial charge in [-0.25, -0.2) is 0 Å². The minimum absolute atomic E-state index is 0. The molecule has 3 rings (SSSR count). The second-order valence-corrected chi connectivity index (χ2v) is 5.61. The van der Waals surface area contributed by atoms with Gasteiger partial charge in [-0.05, 0) is 43.2 Å². The normalized spacial score (nSPS) is 16.0. The number of rotatable bonds is 3. The van der Waals surface area contributed by atoms with Crippen LogP contribution in [-0.4, -0.2) is 29.5 Å². The lowest BCUT2D eigenvalue weighted by Crippen LogP contribution is -3.00. The lowest BCUT2D eigenvalue weighted by Gasteiger charge is -2.25. The van der Waals surface area contributed by atoms with Crippen molar-refractivity contribution < 1.29 is 13.8 Å². The second-order valence-electron chi connectivity index (χ2n) is 5.17. The third kappa shape index (κ3) is 3.03. The van der Waals surface area contributed by atoms with Gasteiger partial charge in [-0.3, -0.25) is 4.90 Å². The maximum absolute atomic E-state index is 6.11. The molecule has 1 aliphatic rings. The van der Waals surface area contributed by atoms with Gasteiger partial charge in [-0.1, -0.05) is 24.6 Å². The van der Waals surface area contributed by atoms with Crippen LogP contribution in [-0.2, 0) is 0 Å². The van der Waals surface area contributed by atoms with Crippen molar-refractivity contribution in [3.05, 3.63) is 41.1 Å². The van der Waals surface area contributed by atoms with Gasteiger partial charge in [0.05, 0.1) is 0 Å². The molecule has 0 atom stereocenters. The predicted molar refractivity (Wildman–Crippen MR) is 83.7 cm³/mol. The van der Waals surface area contributed by atoms with Crippen molar-refractivity contribution in [2.45, 2.75) is 19.8 Å². The number of aromatic nitrogens is 1. The largest absolute Gasteiger partial charge is 1.00 e. The molecule has 2 nitrogen and oxygen atoms in total. The SMILES string of the molecule is CCCN1CC=C(c2c[nH]c3ccc(Cl)cc23)CC1.[Cl-].[H+]. The molecular weight excluding hydrogens is 291 g/mol. The number of halogens is 2. The van der Waals surface area contributed by atoms with Crippen LogP contribution in [0.2, 0.25) is 5.02 Å². The van der Waals surface area contributed by atoms with Crippen LogP contribution in [0.4, 0.5) is 0 Å². The van der Waals surface area contributed by atoms with Gasteiger partial charge in [0.25, 0.3) is 0 Å². The summed E-state index contributed by atoms with van der Waals surface area (Å²) < 4.78 is 0. The number of hydrogen-bond acceptors (Lipinski definition) is 1. The summed E-state index contributed by atoms with van der Waals surface area (Å²) in [4.78, 5) is 5.84. The fraction of sp³-hybridized carbons (Fsp3) is 0.375. The van der Waals surface area contributed by atoms with Gasteiger partial charge in [-0.2, -0.15) is 0 Å². The molecule has 0 aliphatic carbocycles. The number of H-pyrrole nitrogens is 1. The molecule has 108 valence electrons. The minimum atomic E-state index is 0. The summed E-state index contributed by atoms with van der Waals surface area (Å²) in [5.74, 6) is 0. The van der Waals surface area contributed by atoms with Crippen molar-refractivity contribution in [1.29, 1.82) is 0 Å². The van der Waals surface area contributed by atoms with E-state index in [9.17, 15) is 0 Å². The van der Waals surface area contributed by atoms with Crippen molar-refractivity contribution in [2.24, 2.45) is 0 Å². The third-order valence-corrected chi connectivity index (χ3v) is 4.06. The number of nitrogens with zero attached hydrogens (tertiary/aromatic N) is 1. The van der Waals surface area contributed by atoms with E-state index in [0.717, 1.165) is 30.0 Å². The molecule has 0 unspecified atom stereocenters. The summed E-state index contributed by atoms with van der Waals surface area (Å²) in [6, 6.07) is 6.04. The summed E-state index contributed by atoms with van der Waals surface area (Å²) in [5.41, 5.74) is 3.92. The topological polar surface area (TPSA) is 19.0 Å². The molecule has 20 heavy (non-hydrogen) atoms. The highest BCUT2D eigenvalue weighted by molar-refractivity contribution is 6.31. The number of hydrogen-bond donors (Lipinski definition) is 1. The number of benzene rings is 1. The Morgan fingerprint density at radius 1 is 1.40 bits per heavy atom. The van der Waals surface area contributed by atoms with Gasteiger partial charge < -0.3 is 17.4 Å². The lowest BCUT2D eigenvalue weighted by molar-refractivity contribution is -0.00000380. The Hall–Kier alpha value is -0.960. The monoisotopic (exact) mass is 310 g/mol. The highest BCUT2D eigenvalue weighted by atomic mass is 35.5. The van der Waals surface area contributed by atoms with E-state index in [1.165, 1.54) is 29.5 Å². The van der Waals surface area contributed by atoms with E-state index in [1.807, 2.05) is 12.1 Å². The Bertz CT molecular complexity index is 622. The first-order valence-electron chi connectivity index (χ1n) is 6.96. The second kappa shape index (κ2) is 6.66. The summed E-state index contributed by atoms with van der Waals surface area (Å²) in [6.07, 6.45) is 6.83. The Kier molecular flexibility index (Phi) is 5.14. The van der Waals surface area contributed by atoms with Gasteiger partial charge in [0, 0.05) is 40.8 Å². The summed E-state index contributed by atoms with van der Waals surface area (Å²) in [6.45, 7) is 5.66. The minimum Gasteiger partial charge on any atom is -1.00 e. The average Bonchev–Trinajstić information content (AvgIpc) is 2.83. The first kappa shape index (κ1) is 15.4. The molecule has 1 aromatic heterocycles. The van der Waals surface area contributed by atoms with Crippen molar-refractivity contribution in [2.75, 3.05) is 19.6 Å². The smallest absolute Gasteiger partial charge is 1.00 e. The van der Waals surface area contributed by atoms with Crippen molar-refractivity contribution in [3.63, 3.8) is 0 Å². The number of aromatic amines is 1. The molecule has 0 spiro atoms. The van der Waals surface area contributed by atoms with E-state index in [2.05, 4.69) is 35.1 Å². The summed E-state index contributed by atoms with van der Waals surface area (Å²) >= 11 is 6.11. The quantitative estimate of drug-likeness (QED) is 0.909. The Labute approximate surface area is 132 Å². The van der Waals surface area contributed by atoms with Crippen molar-refractivity contribution in [1.82, 2.24) is 9.88 Å². The Morgan fingerprint density at radius 2 is 2.25 bits per heavy atom. The van der Waals surface area contributed by atoms with Crippen LogP contribution in [0.1, 0.15) is 26.8 Å². The molecule has 4 heteroatoms. The standard InChI is InChI=1S/C16H19ClN2.ClH/c1-2-7-19-8-5-12(6-9-19)15-11-18-16-4-3-13(17)10-14(15)16;/h3-5,10-11,18H,2,6-9H2,1H3;1H. The Morgan fingerprint density at radius 3 is 2.95 bits per heavy atom. The Balaban J connectivity index is 0.00000110. The summed E-state index contributed by atoms with van der Waals surface area (Å²) in [7, 11) is 0. The van der Waals surface area contributed by atoms with E-state index in [1.54, 1.807) is 0 Å². The average molecular weight is 311 g/mol. The van der Waals surface area contributed by atoms with Crippen molar-refractivity contribution >= 4 is 28.1 Å². The molecule has 2 heterocycles. The molecule has 0 radical (unpaired) electrons. The molecule has 0 amide bonds. The molecule has 0 saturated carbocycles. The number of fused-ring (bicyclic) bond motifs is 1. The molecule has 0 bridgehead atoms. The molecular formula is C16H20Cl2N2. The van der Waals surface area contributed by atoms with Gasteiger partial charge >= 0.3 is 1.43 Å². The predicted octanol–water partition coefficient (Wildman–Crippen LogP) is 1.44. The van der Waals surface area contributed by atoms with Crippen molar-refractivity contribution in [3.8, 4) is 0 Å². The highest BCUT2D eigenvalue weighted by Gasteiger charge is 2.15. The van der Waals surface area contributed by atoms with Crippen LogP contribution < -0.4 is 12.4 Å². The maximum Gasteiger partial charge on any atom is 1.00 e. The summed E-state index contributed by atoms with van der Waals surface area (Å²) in [5, 5.41) is 2.04. The molecule has 1 aliphatic heterocycles. The number of nitrogens with one attached hydrogen (secondary N) is 1. The van der Waals surface area contributed by atoms with Crippen LogP contribution in [0.3, 0.4) is 0 Å². The molecule has 1 aromatic carbocycles. The lowest BCUT2D eigenvalue weighted by atomic mass is 9.99. The van der Waals surface area contributed by atoms with Gasteiger partial charge in [0.2, 0.25) is 0 Å². The molecule has 0 fully saturated rings. The molecule has 1 N–H and O–H groups in total. The van der Waals surface area contributed by atoms with Gasteiger partial charge in [-0.15, -0.1) is 0 Å². The molecule has 2 aromatic rings. The van der Waals surface area contributed by atoms with Gasteiger partial charge in [0.1, 0.15) is 0 Å². The zero-order valence-electron chi connectivity index (χ0n) is 12.6. The van der Waals surface area contributed by atoms with E-state index in [0.29, 0.717) is 0 Å². The fourth-order valence-corrected chi connectivity index (χ4v) is 3.01. The van der Waals surface area contributed by atoms with E-state index >= 15 is 0 Å². The van der Waals surface area contributed by atoms with E-state index in [-0.39, 0.29) is 13.8 Å². The van der Waals surface area contributed by atoms with Crippen LogP contribution in [0.15, 0.2) is 30.5 Å². The third-order valence-electron chi connectivity index (χ3n) is 3.82.